The molecule has 130 valence electrons. The quantitative estimate of drug-likeness (QED) is 0.580. The van der Waals surface area contributed by atoms with Gasteiger partial charge in [-0.3, -0.25) is 4.79 Å². The Labute approximate surface area is 140 Å². The molecule has 1 N–H and O–H groups in total. The van der Waals surface area contributed by atoms with E-state index in [1.54, 1.807) is 31.2 Å². The van der Waals surface area contributed by atoms with Crippen molar-refractivity contribution in [1.29, 1.82) is 0 Å². The zero-order valence-electron chi connectivity index (χ0n) is 13.0. The van der Waals surface area contributed by atoms with E-state index in [1.165, 1.54) is 18.3 Å². The predicted octanol–water partition coefficient (Wildman–Crippen LogP) is 3.11. The molecule has 1 aromatic carbocycles. The van der Waals surface area contributed by atoms with E-state index in [0.29, 0.717) is 11.5 Å². The molecule has 0 saturated carbocycles. The minimum absolute atomic E-state index is 0.164. The molecule has 25 heavy (non-hydrogen) atoms. The molecule has 0 bridgehead atoms. The van der Waals surface area contributed by atoms with E-state index in [4.69, 9.17) is 4.42 Å². The summed E-state index contributed by atoms with van der Waals surface area (Å²) in [4.78, 5) is 15.5. The van der Waals surface area contributed by atoms with Crippen LogP contribution in [0.3, 0.4) is 0 Å². The van der Waals surface area contributed by atoms with Crippen LogP contribution in [0.25, 0.3) is 11.0 Å². The molecule has 0 spiro atoms. The van der Waals surface area contributed by atoms with Gasteiger partial charge in [0.25, 0.3) is 5.91 Å². The Hall–Kier alpha value is -3.10. The van der Waals surface area contributed by atoms with Crippen molar-refractivity contribution in [2.75, 3.05) is 0 Å². The summed E-state index contributed by atoms with van der Waals surface area (Å²) in [5, 5.41) is 3.67. The van der Waals surface area contributed by atoms with Crippen LogP contribution < -0.4 is 5.43 Å². The molecule has 0 atom stereocenters. The maximum Gasteiger partial charge on any atom is 0.449 e. The second-order valence-electron chi connectivity index (χ2n) is 5.25. The average molecular weight is 350 g/mol. The number of hydrogen-bond acceptors (Lipinski definition) is 4. The Balaban J connectivity index is 1.79. The molecule has 3 rings (SSSR count). The number of fused-ring (bicyclic) bond motifs is 1. The number of imidazole rings is 1. The zero-order valence-corrected chi connectivity index (χ0v) is 13.0. The number of nitrogens with zero attached hydrogens (tertiary/aromatic N) is 3. The van der Waals surface area contributed by atoms with Gasteiger partial charge in [-0.25, -0.2) is 10.4 Å². The number of halogens is 3. The standard InChI is InChI=1S/C16H13F3N4O2/c1-10-6-7-11(25-10)8-20-22-14(24)9-23-13-5-3-2-4-12(13)21-15(23)16(17,18)19/h2-8H,9H2,1H3,(H,22,24)/b20-8-. The number of aromatic nitrogens is 2. The third-order valence-corrected chi connectivity index (χ3v) is 3.35. The number of alkyl halides is 3. The van der Waals surface area contributed by atoms with Gasteiger partial charge in [0.2, 0.25) is 5.82 Å². The summed E-state index contributed by atoms with van der Waals surface area (Å²) in [7, 11) is 0. The first-order valence-electron chi connectivity index (χ1n) is 7.25. The van der Waals surface area contributed by atoms with Crippen molar-refractivity contribution in [1.82, 2.24) is 15.0 Å². The van der Waals surface area contributed by atoms with E-state index in [-0.39, 0.29) is 11.0 Å². The number of hydrogen-bond donors (Lipinski definition) is 1. The van der Waals surface area contributed by atoms with Gasteiger partial charge in [-0.05, 0) is 31.2 Å². The number of carbonyl (C=O) groups is 1. The van der Waals surface area contributed by atoms with Crippen LogP contribution in [0.2, 0.25) is 0 Å². The molecule has 0 aliphatic heterocycles. The largest absolute Gasteiger partial charge is 0.460 e. The van der Waals surface area contributed by atoms with Crippen LogP contribution in [0, 0.1) is 6.92 Å². The molecule has 2 heterocycles. The summed E-state index contributed by atoms with van der Waals surface area (Å²) in [5.74, 6) is -0.753. The summed E-state index contributed by atoms with van der Waals surface area (Å²) in [5.41, 5.74) is 2.56. The van der Waals surface area contributed by atoms with Gasteiger partial charge in [-0.2, -0.15) is 18.3 Å². The fourth-order valence-corrected chi connectivity index (χ4v) is 2.32. The highest BCUT2D eigenvalue weighted by molar-refractivity contribution is 5.82. The van der Waals surface area contributed by atoms with E-state index in [2.05, 4.69) is 15.5 Å². The summed E-state index contributed by atoms with van der Waals surface area (Å²) in [6, 6.07) is 9.45. The number of rotatable bonds is 4. The molecule has 0 saturated heterocycles. The lowest BCUT2D eigenvalue weighted by Crippen LogP contribution is -2.26. The van der Waals surface area contributed by atoms with Crippen molar-refractivity contribution < 1.29 is 22.4 Å². The molecule has 0 aliphatic carbocycles. The van der Waals surface area contributed by atoms with Gasteiger partial charge in [0.15, 0.2) is 0 Å². The van der Waals surface area contributed by atoms with E-state index in [1.807, 2.05) is 0 Å². The van der Waals surface area contributed by atoms with Crippen molar-refractivity contribution in [3.63, 3.8) is 0 Å². The maximum atomic E-state index is 13.2. The highest BCUT2D eigenvalue weighted by atomic mass is 19.4. The van der Waals surface area contributed by atoms with Crippen molar-refractivity contribution in [3.05, 3.63) is 53.7 Å². The first-order valence-corrected chi connectivity index (χ1v) is 7.25. The molecule has 6 nitrogen and oxygen atoms in total. The first kappa shape index (κ1) is 16.7. The first-order chi connectivity index (χ1) is 11.8. The normalized spacial score (nSPS) is 12.2. The molecule has 9 heteroatoms. The highest BCUT2D eigenvalue weighted by Crippen LogP contribution is 2.31. The van der Waals surface area contributed by atoms with Crippen molar-refractivity contribution in [2.24, 2.45) is 5.10 Å². The third kappa shape index (κ3) is 3.70. The number of para-hydroxylation sites is 2. The number of aryl methyl sites for hydroxylation is 1. The second kappa shape index (κ2) is 6.42. The van der Waals surface area contributed by atoms with Crippen molar-refractivity contribution in [3.8, 4) is 0 Å². The topological polar surface area (TPSA) is 72.4 Å². The van der Waals surface area contributed by atoms with Crippen LogP contribution in [0.15, 0.2) is 45.9 Å². The molecule has 0 aliphatic rings. The highest BCUT2D eigenvalue weighted by Gasteiger charge is 2.37. The van der Waals surface area contributed by atoms with E-state index >= 15 is 0 Å². The number of benzene rings is 1. The molecule has 1 amide bonds. The minimum Gasteiger partial charge on any atom is -0.460 e. The summed E-state index contributed by atoms with van der Waals surface area (Å²) < 4.78 is 45.5. The van der Waals surface area contributed by atoms with Gasteiger partial charge < -0.3 is 8.98 Å². The molecular weight excluding hydrogens is 337 g/mol. The predicted molar refractivity (Wildman–Crippen MR) is 83.9 cm³/mol. The number of carbonyl (C=O) groups excluding carboxylic acids is 1. The molecular formula is C16H13F3N4O2. The fraction of sp³-hybridized carbons (Fsp3) is 0.188. The molecule has 0 radical (unpaired) electrons. The van der Waals surface area contributed by atoms with Gasteiger partial charge in [0.1, 0.15) is 18.1 Å². The average Bonchev–Trinajstić information content (AvgIpc) is 3.11. The lowest BCUT2D eigenvalue weighted by Gasteiger charge is -2.10. The van der Waals surface area contributed by atoms with Gasteiger partial charge in [-0.15, -0.1) is 0 Å². The Morgan fingerprint density at radius 3 is 2.76 bits per heavy atom. The van der Waals surface area contributed by atoms with Gasteiger partial charge >= 0.3 is 6.18 Å². The lowest BCUT2D eigenvalue weighted by molar-refractivity contribution is -0.147. The van der Waals surface area contributed by atoms with Gasteiger partial charge in [0, 0.05) is 0 Å². The number of furan rings is 1. The van der Waals surface area contributed by atoms with Gasteiger partial charge in [-0.1, -0.05) is 12.1 Å². The van der Waals surface area contributed by atoms with E-state index in [9.17, 15) is 18.0 Å². The SMILES string of the molecule is Cc1ccc(/C=N\NC(=O)Cn2c(C(F)(F)F)nc3ccccc32)o1. The van der Waals surface area contributed by atoms with Crippen LogP contribution in [-0.4, -0.2) is 21.7 Å². The number of nitrogens with one attached hydrogen (secondary N) is 1. The van der Waals surface area contributed by atoms with Crippen LogP contribution in [0.4, 0.5) is 13.2 Å². The third-order valence-electron chi connectivity index (χ3n) is 3.35. The summed E-state index contributed by atoms with van der Waals surface area (Å²) in [6.07, 6.45) is -3.41. The van der Waals surface area contributed by atoms with Crippen LogP contribution in [0.5, 0.6) is 0 Å². The van der Waals surface area contributed by atoms with E-state index < -0.39 is 24.5 Å². The minimum atomic E-state index is -4.67. The van der Waals surface area contributed by atoms with Gasteiger partial charge in [0.05, 0.1) is 17.2 Å². The Kier molecular flexibility index (Phi) is 4.30. The fourth-order valence-electron chi connectivity index (χ4n) is 2.32. The van der Waals surface area contributed by atoms with E-state index in [0.717, 1.165) is 4.57 Å². The van der Waals surface area contributed by atoms with Crippen LogP contribution in [0.1, 0.15) is 17.3 Å². The van der Waals surface area contributed by atoms with Crippen LogP contribution >= 0.6 is 0 Å². The lowest BCUT2D eigenvalue weighted by atomic mass is 10.3. The Morgan fingerprint density at radius 2 is 2.08 bits per heavy atom. The molecule has 0 fully saturated rings. The summed E-state index contributed by atoms with van der Waals surface area (Å²) >= 11 is 0. The summed E-state index contributed by atoms with van der Waals surface area (Å²) in [6.45, 7) is 1.18. The molecule has 3 aromatic rings. The maximum absolute atomic E-state index is 13.2. The monoisotopic (exact) mass is 350 g/mol. The van der Waals surface area contributed by atoms with Crippen molar-refractivity contribution in [2.45, 2.75) is 19.6 Å². The second-order valence-corrected chi connectivity index (χ2v) is 5.25. The van der Waals surface area contributed by atoms with Crippen molar-refractivity contribution >= 4 is 23.2 Å². The number of amides is 1. The number of hydrazone groups is 1. The zero-order chi connectivity index (χ0) is 18.0. The van der Waals surface area contributed by atoms with Crippen LogP contribution in [-0.2, 0) is 17.5 Å². The Morgan fingerprint density at radius 1 is 1.32 bits per heavy atom. The molecule has 0 unspecified atom stereocenters. The Bertz CT molecular complexity index is 940. The smallest absolute Gasteiger partial charge is 0.449 e. The molecule has 2 aromatic heterocycles.